The number of para-hydroxylation sites is 1. The Morgan fingerprint density at radius 3 is 2.72 bits per heavy atom. The van der Waals surface area contributed by atoms with Crippen molar-refractivity contribution in [3.05, 3.63) is 71.4 Å². The molecule has 2 N–H and O–H groups in total. The van der Waals surface area contributed by atoms with Crippen LogP contribution in [0.1, 0.15) is 40.1 Å². The molecule has 1 amide bonds. The average molecular weight is 459 g/mol. The van der Waals surface area contributed by atoms with E-state index in [0.29, 0.717) is 18.5 Å². The van der Waals surface area contributed by atoms with Crippen molar-refractivity contribution in [2.75, 3.05) is 16.9 Å². The van der Waals surface area contributed by atoms with Crippen molar-refractivity contribution in [1.29, 1.82) is 0 Å². The van der Waals surface area contributed by atoms with Gasteiger partial charge in [0.2, 0.25) is 0 Å². The van der Waals surface area contributed by atoms with Gasteiger partial charge in [0.25, 0.3) is 5.91 Å². The molecular weight excluding hydrogens is 437 g/mol. The lowest BCUT2D eigenvalue weighted by Crippen LogP contribution is -2.45. The lowest BCUT2D eigenvalue weighted by Gasteiger charge is -2.43. The number of hydrogen-bond acceptors (Lipinski definition) is 4. The van der Waals surface area contributed by atoms with E-state index in [-0.39, 0.29) is 11.5 Å². The van der Waals surface area contributed by atoms with Crippen LogP contribution >= 0.6 is 11.8 Å². The maximum atomic E-state index is 14.2. The van der Waals surface area contributed by atoms with Crippen LogP contribution in [0.5, 0.6) is 0 Å². The Balaban J connectivity index is 1.52. The van der Waals surface area contributed by atoms with Crippen molar-refractivity contribution in [2.24, 2.45) is 5.92 Å². The van der Waals surface area contributed by atoms with Gasteiger partial charge >= 0.3 is 6.18 Å². The van der Waals surface area contributed by atoms with Crippen LogP contribution in [0, 0.1) is 5.92 Å². The van der Waals surface area contributed by atoms with Crippen molar-refractivity contribution in [3.8, 4) is 0 Å². The van der Waals surface area contributed by atoms with Gasteiger partial charge in [-0.05, 0) is 42.4 Å². The maximum absolute atomic E-state index is 14.2. The fourth-order valence-corrected chi connectivity index (χ4v) is 5.34. The van der Waals surface area contributed by atoms with Gasteiger partial charge in [-0.1, -0.05) is 36.4 Å². The van der Waals surface area contributed by atoms with Crippen LogP contribution in [0.2, 0.25) is 0 Å². The zero-order valence-electron chi connectivity index (χ0n) is 17.2. The quantitative estimate of drug-likeness (QED) is 0.495. The molecule has 0 unspecified atom stereocenters. The molecule has 5 rings (SSSR count). The molecule has 1 aromatic heterocycles. The predicted molar refractivity (Wildman–Crippen MR) is 118 cm³/mol. The number of alkyl halides is 3. The number of hydrogen-bond donors (Lipinski definition) is 2. The number of carbonyl (C=O) groups excluding carboxylic acids is 1. The van der Waals surface area contributed by atoms with Crippen molar-refractivity contribution in [2.45, 2.75) is 36.0 Å². The summed E-state index contributed by atoms with van der Waals surface area (Å²) in [5.74, 6) is -1.04. The number of rotatable bonds is 3. The zero-order valence-corrected chi connectivity index (χ0v) is 18.0. The Bertz CT molecular complexity index is 1180. The standard InChI is InChI=1S/C23H21F3N4OS/c1-32-18-9-5-4-8-16(18)27-22(31)17-12-19-28-20-14-7-3-2-6-13(14)10-11-15(20)21(23(24,25)26)30(19)29-17/h2-9,12,15,20-21,28H,10-11H2,1H3,(H,27,31)/t15-,20-,21+/m1/s1. The van der Waals surface area contributed by atoms with Crippen molar-refractivity contribution in [1.82, 2.24) is 9.78 Å². The number of thioether (sulfide) groups is 1. The van der Waals surface area contributed by atoms with Crippen molar-refractivity contribution >= 4 is 29.2 Å². The summed E-state index contributed by atoms with van der Waals surface area (Å²) in [6.45, 7) is 0. The second-order valence-corrected chi connectivity index (χ2v) is 8.87. The average Bonchev–Trinajstić information content (AvgIpc) is 3.20. The summed E-state index contributed by atoms with van der Waals surface area (Å²) in [4.78, 5) is 13.7. The van der Waals surface area contributed by atoms with Crippen LogP contribution in [0.4, 0.5) is 24.7 Å². The highest BCUT2D eigenvalue weighted by molar-refractivity contribution is 7.98. The molecule has 0 fully saturated rings. The number of carbonyl (C=O) groups is 1. The molecular formula is C23H21F3N4OS. The van der Waals surface area contributed by atoms with Gasteiger partial charge < -0.3 is 10.6 Å². The molecule has 1 aliphatic carbocycles. The van der Waals surface area contributed by atoms with E-state index in [2.05, 4.69) is 15.7 Å². The van der Waals surface area contributed by atoms with E-state index in [4.69, 9.17) is 0 Å². The molecule has 0 radical (unpaired) electrons. The van der Waals surface area contributed by atoms with Gasteiger partial charge in [-0.15, -0.1) is 11.8 Å². The van der Waals surface area contributed by atoms with Crippen LogP contribution in [-0.2, 0) is 6.42 Å². The van der Waals surface area contributed by atoms with Crippen molar-refractivity contribution < 1.29 is 18.0 Å². The molecule has 3 aromatic rings. The summed E-state index contributed by atoms with van der Waals surface area (Å²) < 4.78 is 43.6. The number of amides is 1. The molecule has 0 bridgehead atoms. The molecule has 166 valence electrons. The van der Waals surface area contributed by atoms with Gasteiger partial charge in [0, 0.05) is 16.9 Å². The molecule has 2 aromatic carbocycles. The van der Waals surface area contributed by atoms with Crippen LogP contribution < -0.4 is 10.6 Å². The summed E-state index contributed by atoms with van der Waals surface area (Å²) in [7, 11) is 0. The van der Waals surface area contributed by atoms with Crippen LogP contribution in [-0.4, -0.2) is 28.1 Å². The predicted octanol–water partition coefficient (Wildman–Crippen LogP) is 5.69. The first-order valence-corrected chi connectivity index (χ1v) is 11.5. The van der Waals surface area contributed by atoms with E-state index in [9.17, 15) is 18.0 Å². The smallest absolute Gasteiger partial charge is 0.363 e. The molecule has 2 aliphatic rings. The third-order valence-corrected chi connectivity index (χ3v) is 6.99. The van der Waals surface area contributed by atoms with E-state index < -0.39 is 30.1 Å². The summed E-state index contributed by atoms with van der Waals surface area (Å²) >= 11 is 1.47. The Morgan fingerprint density at radius 2 is 1.94 bits per heavy atom. The third kappa shape index (κ3) is 3.54. The van der Waals surface area contributed by atoms with Crippen LogP contribution in [0.15, 0.2) is 59.5 Å². The second kappa shape index (κ2) is 7.88. The monoisotopic (exact) mass is 458 g/mol. The maximum Gasteiger partial charge on any atom is 0.411 e. The van der Waals surface area contributed by atoms with Crippen LogP contribution in [0.25, 0.3) is 0 Å². The van der Waals surface area contributed by atoms with Gasteiger partial charge in [-0.3, -0.25) is 4.79 Å². The summed E-state index contributed by atoms with van der Waals surface area (Å²) in [6, 6.07) is 14.0. The molecule has 5 nitrogen and oxygen atoms in total. The first-order chi connectivity index (χ1) is 15.4. The third-order valence-electron chi connectivity index (χ3n) is 6.20. The van der Waals surface area contributed by atoms with Gasteiger partial charge in [-0.25, -0.2) is 4.68 Å². The minimum absolute atomic E-state index is 0.0513. The molecule has 32 heavy (non-hydrogen) atoms. The zero-order chi connectivity index (χ0) is 22.5. The fourth-order valence-electron chi connectivity index (χ4n) is 4.79. The van der Waals surface area contributed by atoms with Gasteiger partial charge in [0.05, 0.1) is 11.7 Å². The highest BCUT2D eigenvalue weighted by atomic mass is 32.2. The molecule has 2 heterocycles. The second-order valence-electron chi connectivity index (χ2n) is 8.02. The lowest BCUT2D eigenvalue weighted by molar-refractivity contribution is -0.188. The van der Waals surface area contributed by atoms with E-state index in [1.165, 1.54) is 17.8 Å². The molecule has 9 heteroatoms. The normalized spacial score (nSPS) is 21.7. The topological polar surface area (TPSA) is 59.0 Å². The van der Waals surface area contributed by atoms with Gasteiger partial charge in [0.1, 0.15) is 5.82 Å². The minimum atomic E-state index is -4.49. The first-order valence-electron chi connectivity index (χ1n) is 10.3. The van der Waals surface area contributed by atoms with Gasteiger partial charge in [-0.2, -0.15) is 18.3 Å². The first kappa shape index (κ1) is 20.9. The number of nitrogens with zero attached hydrogens (tertiary/aromatic N) is 2. The molecule has 0 spiro atoms. The number of aryl methyl sites for hydroxylation is 1. The summed E-state index contributed by atoms with van der Waals surface area (Å²) in [5, 5.41) is 10.1. The lowest BCUT2D eigenvalue weighted by atomic mass is 9.75. The largest absolute Gasteiger partial charge is 0.411 e. The van der Waals surface area contributed by atoms with Gasteiger partial charge in [0.15, 0.2) is 11.7 Å². The number of aromatic nitrogens is 2. The minimum Gasteiger partial charge on any atom is -0.363 e. The molecule has 0 saturated carbocycles. The summed E-state index contributed by atoms with van der Waals surface area (Å²) in [5.41, 5.74) is 2.48. The Hall–Kier alpha value is -2.94. The SMILES string of the molecule is CSc1ccccc1NC(=O)c1cc2n(n1)[C@H](C(F)(F)F)[C@@H]1CCc3ccccc3[C@H]1N2. The summed E-state index contributed by atoms with van der Waals surface area (Å²) in [6.07, 6.45) is -1.63. The van der Waals surface area contributed by atoms with E-state index in [0.717, 1.165) is 20.7 Å². The van der Waals surface area contributed by atoms with E-state index >= 15 is 0 Å². The highest BCUT2D eigenvalue weighted by Crippen LogP contribution is 2.51. The number of benzene rings is 2. The van der Waals surface area contributed by atoms with E-state index in [1.54, 1.807) is 12.1 Å². The number of nitrogens with one attached hydrogen (secondary N) is 2. The van der Waals surface area contributed by atoms with Crippen LogP contribution in [0.3, 0.4) is 0 Å². The molecule has 3 atom stereocenters. The fraction of sp³-hybridized carbons (Fsp3) is 0.304. The van der Waals surface area contributed by atoms with Crippen molar-refractivity contribution in [3.63, 3.8) is 0 Å². The highest BCUT2D eigenvalue weighted by Gasteiger charge is 2.53. The number of anilines is 2. The number of fused-ring (bicyclic) bond motifs is 4. The Morgan fingerprint density at radius 1 is 1.19 bits per heavy atom. The number of halogens is 3. The van der Waals surface area contributed by atoms with E-state index in [1.807, 2.05) is 42.7 Å². The molecule has 1 aliphatic heterocycles. The molecule has 0 saturated heterocycles. The Labute approximate surface area is 187 Å². The Kier molecular flexibility index (Phi) is 5.16.